The summed E-state index contributed by atoms with van der Waals surface area (Å²) in [5.41, 5.74) is -0.264. The molecule has 1 rings (SSSR count). The van der Waals surface area contributed by atoms with Crippen molar-refractivity contribution in [3.8, 4) is 17.2 Å². The van der Waals surface area contributed by atoms with Gasteiger partial charge in [0.05, 0.1) is 0 Å². The van der Waals surface area contributed by atoms with Gasteiger partial charge in [0.15, 0.2) is 11.5 Å². The van der Waals surface area contributed by atoms with Crippen LogP contribution in [0, 0.1) is 5.41 Å². The van der Waals surface area contributed by atoms with Gasteiger partial charge in [-0.15, -0.1) is 0 Å². The van der Waals surface area contributed by atoms with Crippen molar-refractivity contribution in [1.29, 1.82) is 0 Å². The Morgan fingerprint density at radius 2 is 1.65 bits per heavy atom. The van der Waals surface area contributed by atoms with Gasteiger partial charge < -0.3 is 14.9 Å². The number of ether oxygens (including phenoxy) is 1. The van der Waals surface area contributed by atoms with E-state index in [-0.39, 0.29) is 16.9 Å². The Balaban J connectivity index is 2.87. The van der Waals surface area contributed by atoms with Crippen LogP contribution in [0.2, 0.25) is 0 Å². The largest absolute Gasteiger partial charge is 0.504 e. The first-order valence-electron chi connectivity index (χ1n) is 5.81. The average Bonchev–Trinajstić information content (AvgIpc) is 2.08. The van der Waals surface area contributed by atoms with Crippen LogP contribution < -0.4 is 4.74 Å². The number of rotatable bonds is 3. The summed E-state index contributed by atoms with van der Waals surface area (Å²) in [5, 5.41) is 19.1. The molecule has 0 fully saturated rings. The Labute approximate surface area is 103 Å². The molecule has 0 aliphatic heterocycles. The predicted octanol–water partition coefficient (Wildman–Crippen LogP) is 3.69. The fourth-order valence-electron chi connectivity index (χ4n) is 2.20. The summed E-state index contributed by atoms with van der Waals surface area (Å²) in [6.07, 6.45) is 0.842. The highest BCUT2D eigenvalue weighted by Gasteiger charge is 2.28. The quantitative estimate of drug-likeness (QED) is 0.789. The van der Waals surface area contributed by atoms with Crippen LogP contribution in [0.3, 0.4) is 0 Å². The zero-order chi connectivity index (χ0) is 13.3. The van der Waals surface area contributed by atoms with Gasteiger partial charge in [-0.25, -0.2) is 0 Å². The zero-order valence-electron chi connectivity index (χ0n) is 11.2. The molecular weight excluding hydrogens is 216 g/mol. The first-order valence-corrected chi connectivity index (χ1v) is 5.81. The van der Waals surface area contributed by atoms with E-state index in [9.17, 15) is 10.2 Å². The van der Waals surface area contributed by atoms with E-state index < -0.39 is 5.60 Å². The highest BCUT2D eigenvalue weighted by Crippen LogP contribution is 2.38. The van der Waals surface area contributed by atoms with Gasteiger partial charge in [-0.05, 0) is 37.8 Å². The lowest BCUT2D eigenvalue weighted by molar-refractivity contribution is 0.0590. The SMILES string of the molecule is CC(C)(C)CC(C)(C)Oc1cccc(O)c1O. The molecule has 0 spiro atoms. The lowest BCUT2D eigenvalue weighted by Crippen LogP contribution is -2.33. The van der Waals surface area contributed by atoms with Crippen molar-refractivity contribution < 1.29 is 14.9 Å². The molecule has 0 aliphatic rings. The lowest BCUT2D eigenvalue weighted by Gasteiger charge is -2.33. The maximum atomic E-state index is 9.68. The van der Waals surface area contributed by atoms with E-state index in [4.69, 9.17) is 4.74 Å². The molecule has 1 aromatic carbocycles. The molecule has 0 saturated carbocycles. The molecule has 17 heavy (non-hydrogen) atoms. The molecule has 0 aliphatic carbocycles. The highest BCUT2D eigenvalue weighted by molar-refractivity contribution is 5.49. The lowest BCUT2D eigenvalue weighted by atomic mass is 9.83. The minimum atomic E-state index is -0.399. The van der Waals surface area contributed by atoms with Crippen molar-refractivity contribution in [2.24, 2.45) is 5.41 Å². The number of para-hydroxylation sites is 1. The minimum Gasteiger partial charge on any atom is -0.504 e. The van der Waals surface area contributed by atoms with E-state index in [1.54, 1.807) is 12.1 Å². The number of hydrogen-bond donors (Lipinski definition) is 2. The summed E-state index contributed by atoms with van der Waals surface area (Å²) < 4.78 is 5.78. The number of phenolic OH excluding ortho intramolecular Hbond substituents is 2. The van der Waals surface area contributed by atoms with Crippen LogP contribution in [0.25, 0.3) is 0 Å². The zero-order valence-corrected chi connectivity index (χ0v) is 11.2. The first kappa shape index (κ1) is 13.7. The molecule has 3 heteroatoms. The maximum absolute atomic E-state index is 9.68. The van der Waals surface area contributed by atoms with E-state index in [2.05, 4.69) is 20.8 Å². The first-order chi connectivity index (χ1) is 7.61. The highest BCUT2D eigenvalue weighted by atomic mass is 16.5. The summed E-state index contributed by atoms with van der Waals surface area (Å²) in [6, 6.07) is 4.73. The van der Waals surface area contributed by atoms with E-state index in [0.29, 0.717) is 5.75 Å². The smallest absolute Gasteiger partial charge is 0.200 e. The molecule has 1 aromatic rings. The van der Waals surface area contributed by atoms with Crippen molar-refractivity contribution in [2.45, 2.75) is 46.6 Å². The van der Waals surface area contributed by atoms with E-state index in [0.717, 1.165) is 6.42 Å². The second-order valence-electron chi connectivity index (χ2n) is 6.22. The van der Waals surface area contributed by atoms with Crippen molar-refractivity contribution in [1.82, 2.24) is 0 Å². The van der Waals surface area contributed by atoms with Crippen LogP contribution in [0.15, 0.2) is 18.2 Å². The molecule has 96 valence electrons. The Hall–Kier alpha value is -1.38. The van der Waals surface area contributed by atoms with Gasteiger partial charge in [-0.3, -0.25) is 0 Å². The predicted molar refractivity (Wildman–Crippen MR) is 68.6 cm³/mol. The summed E-state index contributed by atoms with van der Waals surface area (Å²) in [4.78, 5) is 0. The molecule has 0 heterocycles. The Morgan fingerprint density at radius 3 is 2.18 bits per heavy atom. The number of benzene rings is 1. The van der Waals surface area contributed by atoms with Gasteiger partial charge in [-0.2, -0.15) is 0 Å². The van der Waals surface area contributed by atoms with Gasteiger partial charge in [-0.1, -0.05) is 26.8 Å². The third kappa shape index (κ3) is 4.17. The fourth-order valence-corrected chi connectivity index (χ4v) is 2.20. The van der Waals surface area contributed by atoms with Crippen molar-refractivity contribution >= 4 is 0 Å². The standard InChI is InChI=1S/C14H22O3/c1-13(2,3)9-14(4,5)17-11-8-6-7-10(15)12(11)16/h6-8,15-16H,9H2,1-5H3. The van der Waals surface area contributed by atoms with E-state index in [1.165, 1.54) is 6.07 Å². The normalized spacial score (nSPS) is 12.5. The van der Waals surface area contributed by atoms with Gasteiger partial charge in [0.2, 0.25) is 5.75 Å². The molecule has 0 aromatic heterocycles. The van der Waals surface area contributed by atoms with E-state index in [1.807, 2.05) is 13.8 Å². The molecule has 0 saturated heterocycles. The Kier molecular flexibility index (Phi) is 3.60. The number of aromatic hydroxyl groups is 2. The molecule has 0 bridgehead atoms. The van der Waals surface area contributed by atoms with Crippen molar-refractivity contribution in [3.63, 3.8) is 0 Å². The second kappa shape index (κ2) is 4.47. The van der Waals surface area contributed by atoms with Crippen LogP contribution in [0.4, 0.5) is 0 Å². The summed E-state index contributed by atoms with van der Waals surface area (Å²) in [5.74, 6) is -0.0391. The van der Waals surface area contributed by atoms with Gasteiger partial charge in [0, 0.05) is 0 Å². The average molecular weight is 238 g/mol. The summed E-state index contributed by atoms with van der Waals surface area (Å²) in [6.45, 7) is 10.4. The van der Waals surface area contributed by atoms with Crippen LogP contribution in [-0.4, -0.2) is 15.8 Å². The Bertz CT molecular complexity index is 389. The molecule has 0 unspecified atom stereocenters. The molecule has 0 atom stereocenters. The fraction of sp³-hybridized carbons (Fsp3) is 0.571. The number of hydrogen-bond acceptors (Lipinski definition) is 3. The van der Waals surface area contributed by atoms with Crippen LogP contribution in [0.1, 0.15) is 41.0 Å². The van der Waals surface area contributed by atoms with Gasteiger partial charge >= 0.3 is 0 Å². The van der Waals surface area contributed by atoms with Crippen molar-refractivity contribution in [2.75, 3.05) is 0 Å². The molecule has 2 N–H and O–H groups in total. The monoisotopic (exact) mass is 238 g/mol. The van der Waals surface area contributed by atoms with Crippen molar-refractivity contribution in [3.05, 3.63) is 18.2 Å². The third-order valence-corrected chi connectivity index (χ3v) is 2.32. The van der Waals surface area contributed by atoms with Crippen LogP contribution >= 0.6 is 0 Å². The van der Waals surface area contributed by atoms with Crippen LogP contribution in [0.5, 0.6) is 17.2 Å². The third-order valence-electron chi connectivity index (χ3n) is 2.32. The molecule has 0 radical (unpaired) electrons. The Morgan fingerprint density at radius 1 is 1.06 bits per heavy atom. The number of phenols is 2. The van der Waals surface area contributed by atoms with E-state index >= 15 is 0 Å². The second-order valence-corrected chi connectivity index (χ2v) is 6.22. The maximum Gasteiger partial charge on any atom is 0.200 e. The summed E-state index contributed by atoms with van der Waals surface area (Å²) in [7, 11) is 0. The molecule has 3 nitrogen and oxygen atoms in total. The van der Waals surface area contributed by atoms with Gasteiger partial charge in [0.1, 0.15) is 5.60 Å². The minimum absolute atomic E-state index is 0.135. The molecular formula is C14H22O3. The summed E-state index contributed by atoms with van der Waals surface area (Å²) >= 11 is 0. The molecule has 0 amide bonds. The topological polar surface area (TPSA) is 49.7 Å². The van der Waals surface area contributed by atoms with Gasteiger partial charge in [0.25, 0.3) is 0 Å². The van der Waals surface area contributed by atoms with Crippen LogP contribution in [-0.2, 0) is 0 Å².